The van der Waals surface area contributed by atoms with Gasteiger partial charge in [-0.2, -0.15) is 0 Å². The van der Waals surface area contributed by atoms with Crippen molar-refractivity contribution in [2.45, 2.75) is 6.92 Å². The minimum atomic E-state index is -0.268. The van der Waals surface area contributed by atoms with E-state index < -0.39 is 0 Å². The second-order valence-corrected chi connectivity index (χ2v) is 4.63. The SMILES string of the molecule is Cc1nc(-c2ccc(F)cc2)ccc1-c1n[nH]c(=S)o1. The highest BCUT2D eigenvalue weighted by molar-refractivity contribution is 7.71. The Bertz CT molecular complexity index is 808. The number of hydrogen-bond donors (Lipinski definition) is 1. The van der Waals surface area contributed by atoms with Crippen LogP contribution in [0.15, 0.2) is 40.8 Å². The van der Waals surface area contributed by atoms with Crippen LogP contribution in [0.3, 0.4) is 0 Å². The first-order valence-electron chi connectivity index (χ1n) is 5.93. The van der Waals surface area contributed by atoms with Gasteiger partial charge in [-0.25, -0.2) is 9.49 Å². The third-order valence-electron chi connectivity index (χ3n) is 2.89. The van der Waals surface area contributed by atoms with Crippen molar-refractivity contribution in [1.82, 2.24) is 15.2 Å². The smallest absolute Gasteiger partial charge is 0.284 e. The van der Waals surface area contributed by atoms with Crippen LogP contribution in [0.4, 0.5) is 4.39 Å². The van der Waals surface area contributed by atoms with E-state index in [4.69, 9.17) is 16.6 Å². The van der Waals surface area contributed by atoms with Gasteiger partial charge in [-0.1, -0.05) is 0 Å². The molecule has 2 heterocycles. The summed E-state index contributed by atoms with van der Waals surface area (Å²) in [7, 11) is 0. The summed E-state index contributed by atoms with van der Waals surface area (Å²) in [6.07, 6.45) is 0. The van der Waals surface area contributed by atoms with Crippen molar-refractivity contribution in [3.05, 3.63) is 52.7 Å². The molecule has 0 saturated heterocycles. The summed E-state index contributed by atoms with van der Waals surface area (Å²) >= 11 is 4.85. The third-order valence-corrected chi connectivity index (χ3v) is 3.07. The van der Waals surface area contributed by atoms with Crippen LogP contribution in [-0.4, -0.2) is 15.2 Å². The van der Waals surface area contributed by atoms with Crippen molar-refractivity contribution in [2.24, 2.45) is 0 Å². The molecule has 20 heavy (non-hydrogen) atoms. The van der Waals surface area contributed by atoms with E-state index in [0.717, 1.165) is 22.5 Å². The molecule has 0 aliphatic heterocycles. The fourth-order valence-corrected chi connectivity index (χ4v) is 2.04. The molecule has 0 atom stereocenters. The van der Waals surface area contributed by atoms with E-state index in [9.17, 15) is 4.39 Å². The maximum absolute atomic E-state index is 12.9. The summed E-state index contributed by atoms with van der Waals surface area (Å²) < 4.78 is 18.2. The highest BCUT2D eigenvalue weighted by atomic mass is 32.1. The summed E-state index contributed by atoms with van der Waals surface area (Å²) in [5.41, 5.74) is 3.14. The average Bonchev–Trinajstić information content (AvgIpc) is 2.86. The van der Waals surface area contributed by atoms with Crippen LogP contribution in [0, 0.1) is 17.6 Å². The lowest BCUT2D eigenvalue weighted by Gasteiger charge is -2.05. The van der Waals surface area contributed by atoms with Gasteiger partial charge in [0.2, 0.25) is 5.89 Å². The van der Waals surface area contributed by atoms with Gasteiger partial charge < -0.3 is 4.42 Å². The number of H-pyrrole nitrogens is 1. The summed E-state index contributed by atoms with van der Waals surface area (Å²) in [6.45, 7) is 1.86. The third kappa shape index (κ3) is 2.37. The summed E-state index contributed by atoms with van der Waals surface area (Å²) in [5.74, 6) is 0.140. The Hall–Kier alpha value is -2.34. The molecule has 3 aromatic rings. The first kappa shape index (κ1) is 12.7. The lowest BCUT2D eigenvalue weighted by molar-refractivity contribution is 0.551. The van der Waals surface area contributed by atoms with Gasteiger partial charge in [-0.15, -0.1) is 5.10 Å². The highest BCUT2D eigenvalue weighted by Crippen LogP contribution is 2.24. The Balaban J connectivity index is 2.03. The lowest BCUT2D eigenvalue weighted by Crippen LogP contribution is -1.91. The minimum absolute atomic E-state index is 0.224. The number of nitrogens with zero attached hydrogens (tertiary/aromatic N) is 2. The number of hydrogen-bond acceptors (Lipinski definition) is 4. The quantitative estimate of drug-likeness (QED) is 0.726. The number of aromatic nitrogens is 3. The molecular weight excluding hydrogens is 277 g/mol. The van der Waals surface area contributed by atoms with Crippen LogP contribution in [0.1, 0.15) is 5.69 Å². The summed E-state index contributed by atoms with van der Waals surface area (Å²) in [4.78, 5) is 4.71. The van der Waals surface area contributed by atoms with Gasteiger partial charge in [0.25, 0.3) is 4.84 Å². The Kier molecular flexibility index (Phi) is 3.15. The van der Waals surface area contributed by atoms with Crippen molar-refractivity contribution in [2.75, 3.05) is 0 Å². The molecule has 6 heteroatoms. The van der Waals surface area contributed by atoms with Crippen molar-refractivity contribution in [3.63, 3.8) is 0 Å². The number of rotatable bonds is 2. The molecule has 100 valence electrons. The molecule has 0 aliphatic rings. The second-order valence-electron chi connectivity index (χ2n) is 4.25. The molecular formula is C14H10FN3OS. The zero-order valence-corrected chi connectivity index (χ0v) is 11.4. The summed E-state index contributed by atoms with van der Waals surface area (Å²) in [5, 5.41) is 6.55. The fraction of sp³-hybridized carbons (Fsp3) is 0.0714. The van der Waals surface area contributed by atoms with E-state index in [1.54, 1.807) is 12.1 Å². The lowest BCUT2D eigenvalue weighted by atomic mass is 10.1. The minimum Gasteiger partial charge on any atom is -0.409 e. The van der Waals surface area contributed by atoms with E-state index in [0.29, 0.717) is 5.89 Å². The standard InChI is InChI=1S/C14H10FN3OS/c1-8-11(13-17-18-14(20)19-13)6-7-12(16-8)9-2-4-10(15)5-3-9/h2-7H,1H3,(H,18,20). The van der Waals surface area contributed by atoms with Crippen LogP contribution in [0.2, 0.25) is 0 Å². The molecule has 0 radical (unpaired) electrons. The van der Waals surface area contributed by atoms with Gasteiger partial charge >= 0.3 is 0 Å². The number of aromatic amines is 1. The molecule has 0 amide bonds. The van der Waals surface area contributed by atoms with E-state index in [2.05, 4.69) is 15.2 Å². The molecule has 0 aliphatic carbocycles. The van der Waals surface area contributed by atoms with Crippen molar-refractivity contribution < 1.29 is 8.81 Å². The molecule has 1 aromatic carbocycles. The molecule has 0 bridgehead atoms. The normalized spacial score (nSPS) is 10.7. The van der Waals surface area contributed by atoms with E-state index in [-0.39, 0.29) is 10.7 Å². The Morgan fingerprint density at radius 1 is 1.15 bits per heavy atom. The van der Waals surface area contributed by atoms with Crippen LogP contribution in [-0.2, 0) is 0 Å². The molecule has 2 aromatic heterocycles. The second kappa shape index (κ2) is 4.97. The van der Waals surface area contributed by atoms with E-state index >= 15 is 0 Å². The average molecular weight is 287 g/mol. The number of pyridine rings is 1. The van der Waals surface area contributed by atoms with Gasteiger partial charge in [0.05, 0.1) is 17.0 Å². The Morgan fingerprint density at radius 2 is 1.90 bits per heavy atom. The first-order chi connectivity index (χ1) is 9.63. The monoisotopic (exact) mass is 287 g/mol. The molecule has 0 unspecified atom stereocenters. The van der Waals surface area contributed by atoms with Crippen molar-refractivity contribution >= 4 is 12.2 Å². The van der Waals surface area contributed by atoms with Gasteiger partial charge in [0, 0.05) is 5.56 Å². The summed E-state index contributed by atoms with van der Waals surface area (Å²) in [6, 6.07) is 9.89. The van der Waals surface area contributed by atoms with Gasteiger partial charge in [0.15, 0.2) is 0 Å². The molecule has 3 rings (SSSR count). The van der Waals surface area contributed by atoms with Gasteiger partial charge in [0.1, 0.15) is 5.82 Å². The van der Waals surface area contributed by atoms with Crippen molar-refractivity contribution in [3.8, 4) is 22.7 Å². The van der Waals surface area contributed by atoms with Crippen LogP contribution in [0.25, 0.3) is 22.7 Å². The topological polar surface area (TPSA) is 54.7 Å². The molecule has 4 nitrogen and oxygen atoms in total. The van der Waals surface area contributed by atoms with Crippen LogP contribution < -0.4 is 0 Å². The molecule has 0 saturated carbocycles. The Labute approximate surface area is 119 Å². The number of nitrogens with one attached hydrogen (secondary N) is 1. The number of halogens is 1. The number of benzene rings is 1. The van der Waals surface area contributed by atoms with E-state index in [1.165, 1.54) is 12.1 Å². The number of aryl methyl sites for hydroxylation is 1. The van der Waals surface area contributed by atoms with Crippen LogP contribution in [0.5, 0.6) is 0 Å². The van der Waals surface area contributed by atoms with Gasteiger partial charge in [-0.05, 0) is 55.5 Å². The van der Waals surface area contributed by atoms with E-state index in [1.807, 2.05) is 19.1 Å². The first-order valence-corrected chi connectivity index (χ1v) is 6.34. The van der Waals surface area contributed by atoms with Crippen molar-refractivity contribution in [1.29, 1.82) is 0 Å². The predicted molar refractivity (Wildman–Crippen MR) is 75.0 cm³/mol. The Morgan fingerprint density at radius 3 is 2.50 bits per heavy atom. The molecule has 1 N–H and O–H groups in total. The van der Waals surface area contributed by atoms with Crippen LogP contribution >= 0.6 is 12.2 Å². The highest BCUT2D eigenvalue weighted by Gasteiger charge is 2.10. The molecule has 0 fully saturated rings. The molecule has 0 spiro atoms. The zero-order valence-electron chi connectivity index (χ0n) is 10.6. The van der Waals surface area contributed by atoms with Gasteiger partial charge in [-0.3, -0.25) is 4.98 Å². The zero-order chi connectivity index (χ0) is 14.1. The largest absolute Gasteiger partial charge is 0.409 e. The maximum Gasteiger partial charge on any atom is 0.284 e. The predicted octanol–water partition coefficient (Wildman–Crippen LogP) is 3.91. The fourth-order valence-electron chi connectivity index (χ4n) is 1.91. The maximum atomic E-state index is 12.9.